The van der Waals surface area contributed by atoms with Crippen LogP contribution in [0.5, 0.6) is 0 Å². The minimum Gasteiger partial charge on any atom is -0.378 e. The lowest BCUT2D eigenvalue weighted by atomic mass is 10.4. The summed E-state index contributed by atoms with van der Waals surface area (Å²) in [7, 11) is 0.161. The van der Waals surface area contributed by atoms with E-state index in [1.165, 1.54) is 0 Å². The predicted octanol–water partition coefficient (Wildman–Crippen LogP) is 0.826. The van der Waals surface area contributed by atoms with Crippen LogP contribution < -0.4 is 10.6 Å². The SMILES string of the molecule is CC(C)NCCOCCOCCNC[SH](C)C. The lowest BCUT2D eigenvalue weighted by Crippen LogP contribution is -2.27. The molecule has 0 heterocycles. The molecule has 0 aliphatic heterocycles. The van der Waals surface area contributed by atoms with Gasteiger partial charge >= 0.3 is 0 Å². The van der Waals surface area contributed by atoms with Crippen molar-refractivity contribution in [1.82, 2.24) is 10.6 Å². The standard InChI is InChI=1S/C12H30N2O2S/c1-12(2)14-6-8-16-10-9-15-7-5-13-11-17(3)4/h12-14,17H,5-11H2,1-4H3. The van der Waals surface area contributed by atoms with Crippen LogP contribution in [-0.2, 0) is 9.47 Å². The van der Waals surface area contributed by atoms with Gasteiger partial charge in [0.2, 0.25) is 0 Å². The molecule has 0 amide bonds. The van der Waals surface area contributed by atoms with E-state index in [0.29, 0.717) is 19.3 Å². The van der Waals surface area contributed by atoms with Crippen molar-refractivity contribution in [2.24, 2.45) is 0 Å². The lowest BCUT2D eigenvalue weighted by Gasteiger charge is -2.11. The molecule has 0 unspecified atom stereocenters. The Labute approximate surface area is 109 Å². The first kappa shape index (κ1) is 17.2. The average Bonchev–Trinajstić information content (AvgIpc) is 2.25. The van der Waals surface area contributed by atoms with Gasteiger partial charge in [-0.05, 0) is 12.5 Å². The van der Waals surface area contributed by atoms with Gasteiger partial charge in [0.1, 0.15) is 0 Å². The Bertz CT molecular complexity index is 141. The Kier molecular flexibility index (Phi) is 12.8. The first-order chi connectivity index (χ1) is 8.13. The Morgan fingerprint density at radius 3 is 2.06 bits per heavy atom. The molecule has 0 atom stereocenters. The highest BCUT2D eigenvalue weighted by Gasteiger charge is 1.93. The molecule has 0 fully saturated rings. The molecule has 0 rings (SSSR count). The van der Waals surface area contributed by atoms with Gasteiger partial charge in [0.25, 0.3) is 0 Å². The monoisotopic (exact) mass is 266 g/mol. The van der Waals surface area contributed by atoms with Crippen LogP contribution in [0, 0.1) is 0 Å². The summed E-state index contributed by atoms with van der Waals surface area (Å²) < 4.78 is 10.9. The molecule has 0 spiro atoms. The van der Waals surface area contributed by atoms with Crippen molar-refractivity contribution in [3.63, 3.8) is 0 Å². The van der Waals surface area contributed by atoms with Gasteiger partial charge < -0.3 is 20.1 Å². The molecule has 0 aromatic rings. The van der Waals surface area contributed by atoms with Crippen molar-refractivity contribution in [3.8, 4) is 0 Å². The average molecular weight is 266 g/mol. The summed E-state index contributed by atoms with van der Waals surface area (Å²) in [5.41, 5.74) is 0. The van der Waals surface area contributed by atoms with E-state index in [-0.39, 0.29) is 10.9 Å². The molecule has 5 heteroatoms. The Morgan fingerprint density at radius 2 is 1.53 bits per heavy atom. The van der Waals surface area contributed by atoms with Crippen LogP contribution in [0.3, 0.4) is 0 Å². The highest BCUT2D eigenvalue weighted by molar-refractivity contribution is 8.15. The fraction of sp³-hybridized carbons (Fsp3) is 1.00. The zero-order chi connectivity index (χ0) is 12.9. The molecule has 0 saturated heterocycles. The number of hydrogen-bond donors (Lipinski definition) is 3. The van der Waals surface area contributed by atoms with Crippen molar-refractivity contribution in [1.29, 1.82) is 0 Å². The van der Waals surface area contributed by atoms with Gasteiger partial charge in [-0.15, -0.1) is 0 Å². The molecule has 0 aliphatic carbocycles. The maximum atomic E-state index is 5.44. The second-order valence-electron chi connectivity index (χ2n) is 4.57. The normalized spacial score (nSPS) is 12.2. The first-order valence-electron chi connectivity index (χ1n) is 6.37. The molecule has 0 aromatic carbocycles. The quantitative estimate of drug-likeness (QED) is 0.361. The highest BCUT2D eigenvalue weighted by Crippen LogP contribution is 2.08. The largest absolute Gasteiger partial charge is 0.378 e. The van der Waals surface area contributed by atoms with E-state index in [1.807, 2.05) is 0 Å². The maximum Gasteiger partial charge on any atom is 0.0701 e. The van der Waals surface area contributed by atoms with Crippen LogP contribution in [0.15, 0.2) is 0 Å². The molecule has 4 nitrogen and oxygen atoms in total. The minimum absolute atomic E-state index is 0.161. The van der Waals surface area contributed by atoms with E-state index in [2.05, 4.69) is 37.0 Å². The van der Waals surface area contributed by atoms with Crippen LogP contribution in [0.4, 0.5) is 0 Å². The second kappa shape index (κ2) is 12.6. The van der Waals surface area contributed by atoms with Gasteiger partial charge in [0.15, 0.2) is 0 Å². The van der Waals surface area contributed by atoms with Crippen molar-refractivity contribution < 1.29 is 9.47 Å². The van der Waals surface area contributed by atoms with Gasteiger partial charge in [0.05, 0.1) is 26.4 Å². The van der Waals surface area contributed by atoms with E-state index in [4.69, 9.17) is 9.47 Å². The van der Waals surface area contributed by atoms with E-state index < -0.39 is 0 Å². The third-order valence-electron chi connectivity index (χ3n) is 2.02. The van der Waals surface area contributed by atoms with Crippen LogP contribution in [0.25, 0.3) is 0 Å². The van der Waals surface area contributed by atoms with Crippen LogP contribution in [0.2, 0.25) is 0 Å². The number of thiol groups is 1. The zero-order valence-corrected chi connectivity index (χ0v) is 12.7. The Morgan fingerprint density at radius 1 is 0.941 bits per heavy atom. The van der Waals surface area contributed by atoms with Gasteiger partial charge in [-0.3, -0.25) is 0 Å². The van der Waals surface area contributed by atoms with E-state index in [1.54, 1.807) is 0 Å². The third-order valence-corrected chi connectivity index (χ3v) is 2.88. The number of nitrogens with one attached hydrogen (secondary N) is 2. The summed E-state index contributed by atoms with van der Waals surface area (Å²) in [6.07, 6.45) is 4.53. The molecule has 17 heavy (non-hydrogen) atoms. The van der Waals surface area contributed by atoms with Gasteiger partial charge in [0, 0.05) is 25.0 Å². The Hall–Kier alpha value is 0.190. The highest BCUT2D eigenvalue weighted by atomic mass is 32.2. The Balaban J connectivity index is 2.94. The van der Waals surface area contributed by atoms with Crippen molar-refractivity contribution in [3.05, 3.63) is 0 Å². The van der Waals surface area contributed by atoms with E-state index in [9.17, 15) is 0 Å². The molecular weight excluding hydrogens is 236 g/mol. The number of ether oxygens (including phenoxy) is 2. The topological polar surface area (TPSA) is 42.5 Å². The van der Waals surface area contributed by atoms with Gasteiger partial charge in [-0.1, -0.05) is 13.8 Å². The minimum atomic E-state index is 0.161. The summed E-state index contributed by atoms with van der Waals surface area (Å²) in [6.45, 7) is 9.03. The van der Waals surface area contributed by atoms with Crippen LogP contribution >= 0.6 is 10.9 Å². The summed E-state index contributed by atoms with van der Waals surface area (Å²) >= 11 is 0. The first-order valence-corrected chi connectivity index (χ1v) is 8.79. The molecule has 0 aromatic heterocycles. The lowest BCUT2D eigenvalue weighted by molar-refractivity contribution is 0.0498. The smallest absolute Gasteiger partial charge is 0.0701 e. The molecule has 106 valence electrons. The summed E-state index contributed by atoms with van der Waals surface area (Å²) in [5.74, 6) is 1.12. The maximum absolute atomic E-state index is 5.44. The summed E-state index contributed by atoms with van der Waals surface area (Å²) in [6, 6.07) is 0.531. The molecule has 0 saturated carbocycles. The summed E-state index contributed by atoms with van der Waals surface area (Å²) in [4.78, 5) is 0. The number of rotatable bonds is 12. The van der Waals surface area contributed by atoms with Gasteiger partial charge in [-0.2, -0.15) is 0 Å². The predicted molar refractivity (Wildman–Crippen MR) is 78.5 cm³/mol. The van der Waals surface area contributed by atoms with Crippen molar-refractivity contribution in [2.45, 2.75) is 19.9 Å². The zero-order valence-electron chi connectivity index (χ0n) is 11.8. The molecule has 0 radical (unpaired) electrons. The fourth-order valence-corrected chi connectivity index (χ4v) is 1.79. The molecule has 0 bridgehead atoms. The van der Waals surface area contributed by atoms with E-state index in [0.717, 1.165) is 32.2 Å². The van der Waals surface area contributed by atoms with Crippen molar-refractivity contribution in [2.75, 3.05) is 57.9 Å². The van der Waals surface area contributed by atoms with Crippen molar-refractivity contribution >= 4 is 10.9 Å². The number of hydrogen-bond acceptors (Lipinski definition) is 4. The molecule has 2 N–H and O–H groups in total. The van der Waals surface area contributed by atoms with Crippen LogP contribution in [-0.4, -0.2) is 63.9 Å². The molecule has 0 aliphatic rings. The van der Waals surface area contributed by atoms with Crippen LogP contribution in [0.1, 0.15) is 13.8 Å². The van der Waals surface area contributed by atoms with Gasteiger partial charge in [-0.25, -0.2) is 10.9 Å². The summed E-state index contributed by atoms with van der Waals surface area (Å²) in [5, 5.41) is 6.66. The second-order valence-corrected chi connectivity index (χ2v) is 7.05. The molecular formula is C12H30N2O2S. The van der Waals surface area contributed by atoms with E-state index >= 15 is 0 Å². The third kappa shape index (κ3) is 16.2. The fourth-order valence-electron chi connectivity index (χ4n) is 1.19.